The second-order valence-corrected chi connectivity index (χ2v) is 6.80. The molecule has 13 heteroatoms. The number of nitrogens with one attached hydrogen (secondary N) is 1. The molecule has 32 heavy (non-hydrogen) atoms. The normalized spacial score (nSPS) is 13.5. The Morgan fingerprint density at radius 3 is 2.44 bits per heavy atom. The number of anilines is 1. The molecule has 7 nitrogen and oxygen atoms in total. The second kappa shape index (κ2) is 7.43. The number of alkyl halides is 6. The van der Waals surface area contributed by atoms with Crippen molar-refractivity contribution in [3.05, 3.63) is 42.0 Å². The van der Waals surface area contributed by atoms with Gasteiger partial charge in [0.1, 0.15) is 5.75 Å². The molecule has 0 amide bonds. The van der Waals surface area contributed by atoms with Crippen LogP contribution in [0.15, 0.2) is 40.9 Å². The van der Waals surface area contributed by atoms with E-state index in [-0.39, 0.29) is 17.3 Å². The van der Waals surface area contributed by atoms with Crippen molar-refractivity contribution in [3.63, 3.8) is 0 Å². The summed E-state index contributed by atoms with van der Waals surface area (Å²) in [5.74, 6) is -0.852. The number of halogens is 6. The van der Waals surface area contributed by atoms with Gasteiger partial charge in [-0.2, -0.15) is 36.4 Å². The minimum absolute atomic E-state index is 0.0784. The number of aromatic amines is 1. The first-order chi connectivity index (χ1) is 14.9. The quantitative estimate of drug-likeness (QED) is 0.408. The average Bonchev–Trinajstić information content (AvgIpc) is 3.34. The molecular formula is C19H13F6N5O2. The van der Waals surface area contributed by atoms with Crippen LogP contribution in [0.3, 0.4) is 0 Å². The minimum atomic E-state index is -4.98. The highest BCUT2D eigenvalue weighted by Crippen LogP contribution is 2.40. The van der Waals surface area contributed by atoms with Gasteiger partial charge in [0, 0.05) is 16.5 Å². The highest BCUT2D eigenvalue weighted by molar-refractivity contribution is 5.91. The van der Waals surface area contributed by atoms with Crippen LogP contribution < -0.4 is 10.5 Å². The van der Waals surface area contributed by atoms with E-state index in [0.29, 0.717) is 35.3 Å². The van der Waals surface area contributed by atoms with Gasteiger partial charge in [0.2, 0.25) is 5.82 Å². The molecule has 2 heterocycles. The summed E-state index contributed by atoms with van der Waals surface area (Å²) in [5, 5.41) is 11.0. The maximum Gasteiger partial charge on any atom is 0.425 e. The molecule has 0 aliphatic carbocycles. The summed E-state index contributed by atoms with van der Waals surface area (Å²) < 4.78 is 88.1. The standard InChI is InChI=1S/C19H13F6N5O2/c1-8(18(20,21)22)31-14-5-3-10(6-12(14)19(23,24)25)17-27-16(30-32-17)9-2-4-11-13(7-9)28-29-15(11)26/h2-8H,1H3,(H3,26,28,29). The van der Waals surface area contributed by atoms with Gasteiger partial charge in [0.25, 0.3) is 5.89 Å². The van der Waals surface area contributed by atoms with Gasteiger partial charge in [0.05, 0.1) is 11.1 Å². The van der Waals surface area contributed by atoms with Gasteiger partial charge in [-0.05, 0) is 37.3 Å². The van der Waals surface area contributed by atoms with E-state index < -0.39 is 29.8 Å². The third kappa shape index (κ3) is 4.05. The number of aromatic nitrogens is 4. The Hall–Kier alpha value is -3.77. The molecule has 0 fully saturated rings. The fourth-order valence-corrected chi connectivity index (χ4v) is 2.88. The average molecular weight is 457 g/mol. The van der Waals surface area contributed by atoms with E-state index in [4.69, 9.17) is 10.3 Å². The van der Waals surface area contributed by atoms with Gasteiger partial charge in [-0.3, -0.25) is 5.10 Å². The van der Waals surface area contributed by atoms with Crippen molar-refractivity contribution in [2.45, 2.75) is 25.4 Å². The first kappa shape index (κ1) is 21.5. The van der Waals surface area contributed by atoms with Gasteiger partial charge in [-0.15, -0.1) is 0 Å². The second-order valence-electron chi connectivity index (χ2n) is 6.80. The molecular weight excluding hydrogens is 444 g/mol. The first-order valence-corrected chi connectivity index (χ1v) is 8.96. The summed E-state index contributed by atoms with van der Waals surface area (Å²) in [7, 11) is 0. The van der Waals surface area contributed by atoms with Crippen LogP contribution in [0, 0.1) is 0 Å². The molecule has 0 spiro atoms. The number of fused-ring (bicyclic) bond motifs is 1. The lowest BCUT2D eigenvalue weighted by molar-refractivity contribution is -0.191. The molecule has 0 saturated carbocycles. The monoisotopic (exact) mass is 457 g/mol. The maximum absolute atomic E-state index is 13.5. The van der Waals surface area contributed by atoms with Crippen LogP contribution in [0.2, 0.25) is 0 Å². The maximum atomic E-state index is 13.5. The molecule has 1 atom stereocenters. The highest BCUT2D eigenvalue weighted by Gasteiger charge is 2.41. The number of nitrogens with zero attached hydrogens (tertiary/aromatic N) is 3. The molecule has 3 N–H and O–H groups in total. The number of nitrogens with two attached hydrogens (primary N) is 1. The van der Waals surface area contributed by atoms with Gasteiger partial charge in [0.15, 0.2) is 11.9 Å². The Morgan fingerprint density at radius 2 is 1.75 bits per heavy atom. The molecule has 0 saturated heterocycles. The molecule has 2 aromatic carbocycles. The Bertz CT molecular complexity index is 1280. The lowest BCUT2D eigenvalue weighted by Crippen LogP contribution is -2.31. The third-order valence-corrected chi connectivity index (χ3v) is 4.57. The fourth-order valence-electron chi connectivity index (χ4n) is 2.88. The smallest absolute Gasteiger partial charge is 0.425 e. The van der Waals surface area contributed by atoms with Crippen molar-refractivity contribution in [3.8, 4) is 28.6 Å². The van der Waals surface area contributed by atoms with E-state index >= 15 is 0 Å². The predicted molar refractivity (Wildman–Crippen MR) is 100 cm³/mol. The van der Waals surface area contributed by atoms with Crippen LogP contribution in [0.25, 0.3) is 33.7 Å². The zero-order chi connectivity index (χ0) is 23.3. The summed E-state index contributed by atoms with van der Waals surface area (Å²) in [6, 6.07) is 7.39. The number of H-pyrrole nitrogens is 1. The molecule has 0 radical (unpaired) electrons. The summed E-state index contributed by atoms with van der Waals surface area (Å²) in [6.45, 7) is 0.614. The van der Waals surface area contributed by atoms with E-state index in [1.165, 1.54) is 0 Å². The van der Waals surface area contributed by atoms with Crippen LogP contribution in [-0.2, 0) is 6.18 Å². The van der Waals surface area contributed by atoms with Crippen LogP contribution in [0.1, 0.15) is 12.5 Å². The first-order valence-electron chi connectivity index (χ1n) is 8.96. The number of hydrogen-bond acceptors (Lipinski definition) is 6. The van der Waals surface area contributed by atoms with Crippen molar-refractivity contribution in [1.29, 1.82) is 0 Å². The lowest BCUT2D eigenvalue weighted by Gasteiger charge is -2.20. The topological polar surface area (TPSA) is 103 Å². The number of benzene rings is 2. The SMILES string of the molecule is CC(Oc1ccc(-c2nc(-c3ccc4c(N)n[nH]c4c3)no2)cc1C(F)(F)F)C(F)(F)F. The molecule has 168 valence electrons. The molecule has 4 rings (SSSR count). The highest BCUT2D eigenvalue weighted by atomic mass is 19.4. The molecule has 4 aromatic rings. The molecule has 0 aliphatic heterocycles. The Labute approximate surface area is 175 Å². The molecule has 1 unspecified atom stereocenters. The number of rotatable bonds is 4. The van der Waals surface area contributed by atoms with Gasteiger partial charge in [-0.1, -0.05) is 11.2 Å². The summed E-state index contributed by atoms with van der Waals surface area (Å²) in [6.07, 6.45) is -12.2. The van der Waals surface area contributed by atoms with E-state index in [1.807, 2.05) is 0 Å². The fraction of sp³-hybridized carbons (Fsp3) is 0.211. The Kier molecular flexibility index (Phi) is 4.98. The van der Waals surface area contributed by atoms with E-state index in [0.717, 1.165) is 12.1 Å². The van der Waals surface area contributed by atoms with E-state index in [1.54, 1.807) is 18.2 Å². The molecule has 2 aromatic heterocycles. The van der Waals surface area contributed by atoms with Crippen LogP contribution in [0.5, 0.6) is 5.75 Å². The van der Waals surface area contributed by atoms with E-state index in [2.05, 4.69) is 25.1 Å². The van der Waals surface area contributed by atoms with Crippen molar-refractivity contribution in [2.75, 3.05) is 5.73 Å². The lowest BCUT2D eigenvalue weighted by atomic mass is 10.1. The van der Waals surface area contributed by atoms with Crippen molar-refractivity contribution in [2.24, 2.45) is 0 Å². The molecule has 0 bridgehead atoms. The van der Waals surface area contributed by atoms with Crippen LogP contribution in [0.4, 0.5) is 32.2 Å². The Balaban J connectivity index is 1.68. The Morgan fingerprint density at radius 1 is 1.03 bits per heavy atom. The van der Waals surface area contributed by atoms with Gasteiger partial charge < -0.3 is 15.0 Å². The summed E-state index contributed by atoms with van der Waals surface area (Å²) in [4.78, 5) is 4.09. The predicted octanol–water partition coefficient (Wildman–Crippen LogP) is 5.21. The largest absolute Gasteiger partial charge is 0.481 e. The minimum Gasteiger partial charge on any atom is -0.481 e. The number of ether oxygens (including phenoxy) is 1. The van der Waals surface area contributed by atoms with Crippen molar-refractivity contribution in [1.82, 2.24) is 20.3 Å². The van der Waals surface area contributed by atoms with Crippen LogP contribution in [-0.4, -0.2) is 32.6 Å². The molecule has 0 aliphatic rings. The number of hydrogen-bond donors (Lipinski definition) is 2. The van der Waals surface area contributed by atoms with Gasteiger partial charge in [-0.25, -0.2) is 0 Å². The van der Waals surface area contributed by atoms with Gasteiger partial charge >= 0.3 is 12.4 Å². The van der Waals surface area contributed by atoms with Crippen molar-refractivity contribution < 1.29 is 35.6 Å². The third-order valence-electron chi connectivity index (χ3n) is 4.57. The zero-order valence-electron chi connectivity index (χ0n) is 16.0. The summed E-state index contributed by atoms with van der Waals surface area (Å²) in [5.41, 5.74) is 5.22. The number of nitrogen functional groups attached to an aromatic ring is 1. The van der Waals surface area contributed by atoms with Crippen LogP contribution >= 0.6 is 0 Å². The summed E-state index contributed by atoms with van der Waals surface area (Å²) >= 11 is 0. The van der Waals surface area contributed by atoms with Crippen molar-refractivity contribution >= 4 is 16.7 Å². The zero-order valence-corrected chi connectivity index (χ0v) is 16.0. The van der Waals surface area contributed by atoms with E-state index in [9.17, 15) is 26.3 Å².